The van der Waals surface area contributed by atoms with Crippen molar-refractivity contribution in [1.82, 2.24) is 9.97 Å². The van der Waals surface area contributed by atoms with Crippen molar-refractivity contribution < 1.29 is 13.9 Å². The van der Waals surface area contributed by atoms with E-state index in [1.165, 1.54) is 6.07 Å². The molecule has 3 aromatic rings. The number of esters is 1. The van der Waals surface area contributed by atoms with Crippen molar-refractivity contribution in [2.24, 2.45) is 0 Å². The van der Waals surface area contributed by atoms with Crippen molar-refractivity contribution in [2.75, 3.05) is 11.6 Å². The molecule has 0 atom stereocenters. The van der Waals surface area contributed by atoms with Crippen molar-refractivity contribution in [1.29, 1.82) is 0 Å². The molecule has 0 radical (unpaired) electrons. The van der Waals surface area contributed by atoms with Crippen molar-refractivity contribution in [3.8, 4) is 5.75 Å². The van der Waals surface area contributed by atoms with Gasteiger partial charge in [-0.05, 0) is 37.0 Å². The van der Waals surface area contributed by atoms with Crippen LogP contribution in [-0.2, 0) is 11.2 Å². The van der Waals surface area contributed by atoms with Crippen LogP contribution in [0.15, 0.2) is 55.6 Å². The lowest BCUT2D eigenvalue weighted by Gasteiger charge is -2.06. The number of aromatic amines is 1. The number of H-pyrrole nitrogens is 1. The average Bonchev–Trinajstić information content (AvgIpc) is 2.66. The van der Waals surface area contributed by atoms with Crippen LogP contribution >= 0.6 is 23.4 Å². The van der Waals surface area contributed by atoms with Crippen LogP contribution in [0.25, 0.3) is 11.1 Å². The van der Waals surface area contributed by atoms with Gasteiger partial charge in [-0.3, -0.25) is 9.59 Å². The summed E-state index contributed by atoms with van der Waals surface area (Å²) in [5, 5.41) is 0.411. The Morgan fingerprint density at radius 2 is 2.00 bits per heavy atom. The first kappa shape index (κ1) is 20.2. The number of rotatable bonds is 8. The van der Waals surface area contributed by atoms with Gasteiger partial charge in [-0.2, -0.15) is 4.98 Å². The number of hydrogen-bond acceptors (Lipinski definition) is 7. The molecule has 3 rings (SSSR count). The molecule has 7 nitrogen and oxygen atoms in total. The summed E-state index contributed by atoms with van der Waals surface area (Å²) in [6.07, 6.45) is 2.03. The summed E-state index contributed by atoms with van der Waals surface area (Å²) >= 11 is 6.67. The largest absolute Gasteiger partial charge is 0.426 e. The molecule has 28 heavy (non-hydrogen) atoms. The number of nitrogens with zero attached hydrogens (tertiary/aromatic N) is 1. The zero-order valence-corrected chi connectivity index (χ0v) is 16.3. The summed E-state index contributed by atoms with van der Waals surface area (Å²) in [6.45, 7) is 0. The van der Waals surface area contributed by atoms with Crippen LogP contribution in [0.3, 0.4) is 0 Å². The lowest BCUT2D eigenvalue weighted by molar-refractivity contribution is -0.131. The van der Waals surface area contributed by atoms with Crippen LogP contribution in [0.5, 0.6) is 5.75 Å². The molecule has 1 N–H and O–H groups in total. The summed E-state index contributed by atoms with van der Waals surface area (Å²) in [4.78, 5) is 43.0. The molecule has 0 amide bonds. The molecule has 0 unspecified atom stereocenters. The van der Waals surface area contributed by atoms with E-state index in [4.69, 9.17) is 20.8 Å². The second-order valence-corrected chi connectivity index (χ2v) is 7.21. The van der Waals surface area contributed by atoms with Crippen LogP contribution < -0.4 is 15.9 Å². The Bertz CT molecular complexity index is 1080. The van der Waals surface area contributed by atoms with Crippen LogP contribution in [0.2, 0.25) is 0 Å². The van der Waals surface area contributed by atoms with Gasteiger partial charge in [-0.1, -0.05) is 30.0 Å². The molecule has 0 saturated heterocycles. The standard InChI is InChI=1S/C19H17ClN2O5S/c20-9-5-4-6-12-10-14(23)27-18-16(12)17(25)21-19(22-18)28-11-15(24)26-13-7-2-1-3-8-13/h1-3,7-8,10H,4-6,9,11H2,(H,21,22,25). The van der Waals surface area contributed by atoms with E-state index in [0.29, 0.717) is 23.6 Å². The molecule has 146 valence electrons. The van der Waals surface area contributed by atoms with Gasteiger partial charge < -0.3 is 14.1 Å². The number of aromatic nitrogens is 2. The van der Waals surface area contributed by atoms with Crippen LogP contribution in [0, 0.1) is 0 Å². The van der Waals surface area contributed by atoms with Gasteiger partial charge in [0, 0.05) is 11.9 Å². The average molecular weight is 421 g/mol. The number of nitrogens with one attached hydrogen (secondary N) is 1. The highest BCUT2D eigenvalue weighted by molar-refractivity contribution is 7.99. The van der Waals surface area contributed by atoms with E-state index in [9.17, 15) is 14.4 Å². The maximum Gasteiger partial charge on any atom is 0.337 e. The summed E-state index contributed by atoms with van der Waals surface area (Å²) in [5.74, 6) is 0.382. The van der Waals surface area contributed by atoms with E-state index in [0.717, 1.165) is 24.6 Å². The second-order valence-electron chi connectivity index (χ2n) is 5.86. The highest BCUT2D eigenvalue weighted by atomic mass is 35.5. The zero-order chi connectivity index (χ0) is 19.9. The highest BCUT2D eigenvalue weighted by Crippen LogP contribution is 2.18. The SMILES string of the molecule is O=C(CSc1nc2oc(=O)cc(CCCCCl)c2c(=O)[nH]1)Oc1ccccc1. The molecule has 0 bridgehead atoms. The Hall–Kier alpha value is -2.58. The number of aryl methyl sites for hydroxylation is 1. The number of thioether (sulfide) groups is 1. The van der Waals surface area contributed by atoms with Crippen LogP contribution in [0.1, 0.15) is 18.4 Å². The van der Waals surface area contributed by atoms with Gasteiger partial charge in [0.1, 0.15) is 11.1 Å². The first-order valence-corrected chi connectivity index (χ1v) is 10.1. The summed E-state index contributed by atoms with van der Waals surface area (Å²) in [6, 6.07) is 9.96. The fourth-order valence-corrected chi connectivity index (χ4v) is 3.40. The molecule has 2 aromatic heterocycles. The minimum Gasteiger partial charge on any atom is -0.426 e. The van der Waals surface area contributed by atoms with E-state index in [1.54, 1.807) is 24.3 Å². The topological polar surface area (TPSA) is 102 Å². The first-order valence-electron chi connectivity index (χ1n) is 8.58. The monoisotopic (exact) mass is 420 g/mol. The predicted molar refractivity (Wildman–Crippen MR) is 107 cm³/mol. The Labute approximate surface area is 169 Å². The van der Waals surface area contributed by atoms with E-state index >= 15 is 0 Å². The van der Waals surface area contributed by atoms with Gasteiger partial charge in [0.25, 0.3) is 5.56 Å². The smallest absolute Gasteiger partial charge is 0.337 e. The fraction of sp³-hybridized carbons (Fsp3) is 0.263. The first-order chi connectivity index (χ1) is 13.6. The quantitative estimate of drug-likeness (QED) is 0.149. The van der Waals surface area contributed by atoms with Gasteiger partial charge in [-0.25, -0.2) is 4.79 Å². The van der Waals surface area contributed by atoms with Crippen molar-refractivity contribution in [3.05, 3.63) is 62.7 Å². The van der Waals surface area contributed by atoms with E-state index < -0.39 is 17.2 Å². The van der Waals surface area contributed by atoms with E-state index in [1.807, 2.05) is 6.07 Å². The summed E-state index contributed by atoms with van der Waals surface area (Å²) in [7, 11) is 0. The van der Waals surface area contributed by atoms with Crippen LogP contribution in [-0.4, -0.2) is 27.6 Å². The van der Waals surface area contributed by atoms with Gasteiger partial charge in [0.15, 0.2) is 5.16 Å². The number of unbranched alkanes of at least 4 members (excludes halogenated alkanes) is 1. The maximum atomic E-state index is 12.5. The number of benzene rings is 1. The molecule has 9 heteroatoms. The summed E-state index contributed by atoms with van der Waals surface area (Å²) < 4.78 is 10.3. The molecule has 0 aliphatic heterocycles. The molecular weight excluding hydrogens is 404 g/mol. The number of hydrogen-bond donors (Lipinski definition) is 1. The number of carbonyl (C=O) groups is 1. The lowest BCUT2D eigenvalue weighted by atomic mass is 10.1. The fourth-order valence-electron chi connectivity index (χ4n) is 2.58. The minimum absolute atomic E-state index is 0.0453. The molecule has 0 aliphatic rings. The Morgan fingerprint density at radius 1 is 1.21 bits per heavy atom. The van der Waals surface area contributed by atoms with Crippen molar-refractivity contribution >= 4 is 40.4 Å². The number of carbonyl (C=O) groups excluding carboxylic acids is 1. The third-order valence-electron chi connectivity index (χ3n) is 3.81. The van der Waals surface area contributed by atoms with Gasteiger partial charge in [-0.15, -0.1) is 11.6 Å². The summed E-state index contributed by atoms with van der Waals surface area (Å²) in [5.41, 5.74) is -0.472. The number of fused-ring (bicyclic) bond motifs is 1. The third kappa shape index (κ3) is 5.24. The predicted octanol–water partition coefficient (Wildman–Crippen LogP) is 3.14. The highest BCUT2D eigenvalue weighted by Gasteiger charge is 2.14. The zero-order valence-electron chi connectivity index (χ0n) is 14.8. The van der Waals surface area contributed by atoms with Crippen molar-refractivity contribution in [3.63, 3.8) is 0 Å². The third-order valence-corrected chi connectivity index (χ3v) is 4.92. The Morgan fingerprint density at radius 3 is 2.75 bits per heavy atom. The molecule has 0 saturated carbocycles. The van der Waals surface area contributed by atoms with E-state index in [-0.39, 0.29) is 22.0 Å². The molecule has 0 fully saturated rings. The van der Waals surface area contributed by atoms with Gasteiger partial charge >= 0.3 is 11.6 Å². The lowest BCUT2D eigenvalue weighted by Crippen LogP contribution is -2.16. The number of ether oxygens (including phenoxy) is 1. The van der Waals surface area contributed by atoms with Gasteiger partial charge in [0.2, 0.25) is 5.71 Å². The number of halogens is 1. The molecule has 0 aliphatic carbocycles. The van der Waals surface area contributed by atoms with Gasteiger partial charge in [0.05, 0.1) is 5.75 Å². The number of alkyl halides is 1. The Kier molecular flexibility index (Phi) is 6.89. The molecular formula is C19H17ClN2O5S. The minimum atomic E-state index is -0.578. The number of para-hydroxylation sites is 1. The second kappa shape index (κ2) is 9.57. The molecule has 2 heterocycles. The molecule has 1 aromatic carbocycles. The normalized spacial score (nSPS) is 10.9. The molecule has 0 spiro atoms. The Balaban J connectivity index is 1.77. The van der Waals surface area contributed by atoms with E-state index in [2.05, 4.69) is 9.97 Å². The van der Waals surface area contributed by atoms with Crippen LogP contribution in [0.4, 0.5) is 0 Å². The maximum absolute atomic E-state index is 12.5. The van der Waals surface area contributed by atoms with Crippen molar-refractivity contribution in [2.45, 2.75) is 24.4 Å².